The number of furan rings is 1. The molecule has 3 heterocycles. The van der Waals surface area contributed by atoms with Crippen LogP contribution in [-0.2, 0) is 0 Å². The van der Waals surface area contributed by atoms with E-state index in [1.807, 2.05) is 36.4 Å². The third-order valence-electron chi connectivity index (χ3n) is 9.27. The fourth-order valence-electron chi connectivity index (χ4n) is 6.80. The van der Waals surface area contributed by atoms with Gasteiger partial charge >= 0.3 is 0 Å². The maximum atomic E-state index is 6.57. The zero-order valence-electron chi connectivity index (χ0n) is 26.2. The molecule has 5 heteroatoms. The summed E-state index contributed by atoms with van der Waals surface area (Å²) in [4.78, 5) is 20.5. The summed E-state index contributed by atoms with van der Waals surface area (Å²) in [6, 6.07) is 54.2. The van der Waals surface area contributed by atoms with E-state index in [-0.39, 0.29) is 0 Å². The van der Waals surface area contributed by atoms with Crippen molar-refractivity contribution >= 4 is 54.4 Å². The molecule has 0 aliphatic heterocycles. The summed E-state index contributed by atoms with van der Waals surface area (Å²) in [6.07, 6.45) is 0. The number of hydrogen-bond acceptors (Lipinski definition) is 5. The van der Waals surface area contributed by atoms with Crippen LogP contribution in [0.5, 0.6) is 0 Å². The van der Waals surface area contributed by atoms with Crippen molar-refractivity contribution in [1.82, 2.24) is 19.9 Å². The third-order valence-corrected chi connectivity index (χ3v) is 9.27. The van der Waals surface area contributed by atoms with Gasteiger partial charge in [-0.2, -0.15) is 0 Å². The molecule has 0 amide bonds. The molecule has 0 aliphatic carbocycles. The quantitative estimate of drug-likeness (QED) is 0.194. The molecule has 7 aromatic carbocycles. The van der Waals surface area contributed by atoms with Gasteiger partial charge in [-0.05, 0) is 62.6 Å². The predicted octanol–water partition coefficient (Wildman–Crippen LogP) is 11.3. The molecular weight excluding hydrogens is 601 g/mol. The average Bonchev–Trinajstić information content (AvgIpc) is 3.53. The number of aromatic nitrogens is 4. The van der Waals surface area contributed by atoms with Crippen LogP contribution in [0.25, 0.3) is 99.8 Å². The second-order valence-corrected chi connectivity index (χ2v) is 12.3. The predicted molar refractivity (Wildman–Crippen MR) is 199 cm³/mol. The summed E-state index contributed by atoms with van der Waals surface area (Å²) in [5, 5.41) is 8.68. The Morgan fingerprint density at radius 3 is 1.59 bits per heavy atom. The standard InChI is InChI=1S/C44H26N4O/c1-2-12-29(13-3-1)41-46-42(35-21-19-28-11-5-7-15-31(28)23-35)48-43(47-41)37-26-38(34-20-18-27-10-4-6-14-30(27)22-34)45-44-40(37)36-24-32-16-8-9-17-33(32)25-39(36)49-44/h1-26H. The lowest BCUT2D eigenvalue weighted by molar-refractivity contribution is 0.655. The van der Waals surface area contributed by atoms with Crippen molar-refractivity contribution < 1.29 is 4.42 Å². The van der Waals surface area contributed by atoms with Gasteiger partial charge in [0.15, 0.2) is 17.5 Å². The van der Waals surface area contributed by atoms with Crippen molar-refractivity contribution in [2.45, 2.75) is 0 Å². The maximum absolute atomic E-state index is 6.57. The SMILES string of the molecule is c1ccc(-c2nc(-c3ccc4ccccc4c3)nc(-c3cc(-c4ccc5ccccc5c4)nc4oc5cc6ccccc6cc5c34)n2)cc1. The molecule has 5 nitrogen and oxygen atoms in total. The fourth-order valence-corrected chi connectivity index (χ4v) is 6.80. The number of nitrogens with zero attached hydrogens (tertiary/aromatic N) is 4. The third kappa shape index (κ3) is 4.71. The van der Waals surface area contributed by atoms with Gasteiger partial charge in [-0.3, -0.25) is 0 Å². The van der Waals surface area contributed by atoms with E-state index >= 15 is 0 Å². The minimum Gasteiger partial charge on any atom is -0.438 e. The van der Waals surface area contributed by atoms with Crippen LogP contribution in [0.4, 0.5) is 0 Å². The lowest BCUT2D eigenvalue weighted by Crippen LogP contribution is -2.01. The second kappa shape index (κ2) is 10.9. The minimum absolute atomic E-state index is 0.542. The average molecular weight is 627 g/mol. The summed E-state index contributed by atoms with van der Waals surface area (Å²) in [5.74, 6) is 1.76. The Balaban J connectivity index is 1.28. The topological polar surface area (TPSA) is 64.7 Å². The molecule has 49 heavy (non-hydrogen) atoms. The Morgan fingerprint density at radius 2 is 0.898 bits per heavy atom. The largest absolute Gasteiger partial charge is 0.438 e. The van der Waals surface area contributed by atoms with Crippen LogP contribution >= 0.6 is 0 Å². The van der Waals surface area contributed by atoms with Gasteiger partial charge in [-0.25, -0.2) is 19.9 Å². The highest BCUT2D eigenvalue weighted by Gasteiger charge is 2.21. The van der Waals surface area contributed by atoms with Crippen LogP contribution in [0.3, 0.4) is 0 Å². The molecule has 0 radical (unpaired) electrons. The molecular formula is C44H26N4O. The van der Waals surface area contributed by atoms with Crippen molar-refractivity contribution in [2.75, 3.05) is 0 Å². The van der Waals surface area contributed by atoms with E-state index in [1.165, 1.54) is 5.39 Å². The molecule has 0 N–H and O–H groups in total. The highest BCUT2D eigenvalue weighted by Crippen LogP contribution is 2.40. The number of benzene rings is 7. The van der Waals surface area contributed by atoms with Crippen molar-refractivity contribution in [1.29, 1.82) is 0 Å². The van der Waals surface area contributed by atoms with Gasteiger partial charge in [0.1, 0.15) is 5.58 Å². The van der Waals surface area contributed by atoms with E-state index in [1.54, 1.807) is 0 Å². The van der Waals surface area contributed by atoms with Gasteiger partial charge < -0.3 is 4.42 Å². The molecule has 0 bridgehead atoms. The van der Waals surface area contributed by atoms with E-state index in [0.717, 1.165) is 71.2 Å². The van der Waals surface area contributed by atoms with E-state index < -0.39 is 0 Å². The second-order valence-electron chi connectivity index (χ2n) is 12.3. The first-order chi connectivity index (χ1) is 24.2. The van der Waals surface area contributed by atoms with E-state index in [4.69, 9.17) is 24.4 Å². The van der Waals surface area contributed by atoms with Gasteiger partial charge in [0.2, 0.25) is 5.71 Å². The van der Waals surface area contributed by atoms with Crippen LogP contribution in [0, 0.1) is 0 Å². The Labute approximate surface area is 281 Å². The number of pyridine rings is 1. The molecule has 0 aliphatic rings. The summed E-state index contributed by atoms with van der Waals surface area (Å²) >= 11 is 0. The van der Waals surface area contributed by atoms with Gasteiger partial charge in [0.05, 0.1) is 11.1 Å². The van der Waals surface area contributed by atoms with Gasteiger partial charge in [-0.1, -0.05) is 127 Å². The molecule has 10 rings (SSSR count). The highest BCUT2D eigenvalue weighted by atomic mass is 16.3. The molecule has 3 aromatic heterocycles. The molecule has 0 atom stereocenters. The normalized spacial score (nSPS) is 11.7. The van der Waals surface area contributed by atoms with Crippen LogP contribution in [-0.4, -0.2) is 19.9 Å². The first-order valence-electron chi connectivity index (χ1n) is 16.3. The molecule has 228 valence electrons. The monoisotopic (exact) mass is 626 g/mol. The van der Waals surface area contributed by atoms with Crippen molar-refractivity contribution in [3.8, 4) is 45.4 Å². The molecule has 0 saturated heterocycles. The summed E-state index contributed by atoms with van der Waals surface area (Å²) in [5.41, 5.74) is 5.75. The van der Waals surface area contributed by atoms with Crippen LogP contribution < -0.4 is 0 Å². The van der Waals surface area contributed by atoms with Crippen molar-refractivity contribution in [3.05, 3.63) is 158 Å². The van der Waals surface area contributed by atoms with Crippen molar-refractivity contribution in [3.63, 3.8) is 0 Å². The first-order valence-corrected chi connectivity index (χ1v) is 16.3. The van der Waals surface area contributed by atoms with E-state index in [0.29, 0.717) is 23.2 Å². The number of hydrogen-bond donors (Lipinski definition) is 0. The zero-order chi connectivity index (χ0) is 32.3. The smallest absolute Gasteiger partial charge is 0.228 e. The highest BCUT2D eigenvalue weighted by molar-refractivity contribution is 6.15. The van der Waals surface area contributed by atoms with E-state index in [2.05, 4.69) is 121 Å². The summed E-state index contributed by atoms with van der Waals surface area (Å²) < 4.78 is 6.57. The van der Waals surface area contributed by atoms with Crippen LogP contribution in [0.2, 0.25) is 0 Å². The minimum atomic E-state index is 0.542. The fraction of sp³-hybridized carbons (Fsp3) is 0. The zero-order valence-corrected chi connectivity index (χ0v) is 26.2. The molecule has 0 fully saturated rings. The van der Waals surface area contributed by atoms with Gasteiger partial charge in [0.25, 0.3) is 0 Å². The van der Waals surface area contributed by atoms with Crippen LogP contribution in [0.1, 0.15) is 0 Å². The maximum Gasteiger partial charge on any atom is 0.228 e. The Bertz CT molecular complexity index is 2890. The molecule has 0 saturated carbocycles. The van der Waals surface area contributed by atoms with Crippen LogP contribution in [0.15, 0.2) is 162 Å². The van der Waals surface area contributed by atoms with Crippen molar-refractivity contribution in [2.24, 2.45) is 0 Å². The molecule has 0 unspecified atom stereocenters. The Morgan fingerprint density at radius 1 is 0.367 bits per heavy atom. The lowest BCUT2D eigenvalue weighted by atomic mass is 10.0. The molecule has 0 spiro atoms. The summed E-state index contributed by atoms with van der Waals surface area (Å²) in [7, 11) is 0. The van der Waals surface area contributed by atoms with Gasteiger partial charge in [-0.15, -0.1) is 0 Å². The number of fused-ring (bicyclic) bond motifs is 6. The molecule has 10 aromatic rings. The lowest BCUT2D eigenvalue weighted by Gasteiger charge is -2.11. The van der Waals surface area contributed by atoms with Gasteiger partial charge in [0, 0.05) is 27.6 Å². The van der Waals surface area contributed by atoms with E-state index in [9.17, 15) is 0 Å². The first kappa shape index (κ1) is 27.4. The summed E-state index contributed by atoms with van der Waals surface area (Å²) in [6.45, 7) is 0. The Kier molecular flexibility index (Phi) is 6.11. The number of rotatable bonds is 4. The Hall–Kier alpha value is -6.72.